The molecule has 5 heteroatoms. The smallest absolute Gasteiger partial charge is 0.323 e. The molecule has 3 amide bonds. The van der Waals surface area contributed by atoms with Crippen LogP contribution in [0.3, 0.4) is 0 Å². The summed E-state index contributed by atoms with van der Waals surface area (Å²) in [7, 11) is 1.68. The Balaban J connectivity index is 2.24. The van der Waals surface area contributed by atoms with E-state index < -0.39 is 5.91 Å². The van der Waals surface area contributed by atoms with Crippen molar-refractivity contribution >= 4 is 23.5 Å². The van der Waals surface area contributed by atoms with Gasteiger partial charge in [-0.25, -0.2) is 4.79 Å². The zero-order valence-electron chi connectivity index (χ0n) is 7.55. The Morgan fingerprint density at radius 2 is 2.15 bits per heavy atom. The van der Waals surface area contributed by atoms with Crippen molar-refractivity contribution in [3.05, 3.63) is 0 Å². The zero-order chi connectivity index (χ0) is 9.84. The lowest BCUT2D eigenvalue weighted by Gasteiger charge is -2.16. The maximum atomic E-state index is 11.2. The SMILES string of the molecule is CN(CC1CC1)C(=O)NC(=O)CCl. The van der Waals surface area contributed by atoms with Gasteiger partial charge in [-0.15, -0.1) is 11.6 Å². The second-order valence-corrected chi connectivity index (χ2v) is 3.58. The number of carbonyl (C=O) groups is 2. The minimum Gasteiger partial charge on any atom is -0.327 e. The lowest BCUT2D eigenvalue weighted by atomic mass is 10.4. The van der Waals surface area contributed by atoms with Gasteiger partial charge in [-0.1, -0.05) is 0 Å². The van der Waals surface area contributed by atoms with Gasteiger partial charge in [0.15, 0.2) is 0 Å². The first-order valence-corrected chi connectivity index (χ1v) is 4.78. The summed E-state index contributed by atoms with van der Waals surface area (Å²) in [6.45, 7) is 0.724. The molecule has 13 heavy (non-hydrogen) atoms. The molecule has 1 N–H and O–H groups in total. The van der Waals surface area contributed by atoms with Crippen LogP contribution < -0.4 is 5.32 Å². The molecule has 0 atom stereocenters. The first-order valence-electron chi connectivity index (χ1n) is 4.24. The third kappa shape index (κ3) is 3.63. The van der Waals surface area contributed by atoms with E-state index in [1.807, 2.05) is 0 Å². The third-order valence-corrected chi connectivity index (χ3v) is 2.19. The Bertz CT molecular complexity index is 216. The number of halogens is 1. The Morgan fingerprint density at radius 1 is 1.54 bits per heavy atom. The average Bonchev–Trinajstić information content (AvgIpc) is 2.87. The fourth-order valence-corrected chi connectivity index (χ4v) is 1.09. The number of nitrogens with zero attached hydrogens (tertiary/aromatic N) is 1. The van der Waals surface area contributed by atoms with Crippen molar-refractivity contribution in [3.63, 3.8) is 0 Å². The molecule has 0 aromatic carbocycles. The zero-order valence-corrected chi connectivity index (χ0v) is 8.30. The molecule has 0 unspecified atom stereocenters. The molecule has 0 saturated heterocycles. The van der Waals surface area contributed by atoms with E-state index in [0.29, 0.717) is 5.92 Å². The Hall–Kier alpha value is -0.770. The maximum Gasteiger partial charge on any atom is 0.323 e. The van der Waals surface area contributed by atoms with Crippen molar-refractivity contribution in [1.82, 2.24) is 10.2 Å². The van der Waals surface area contributed by atoms with Gasteiger partial charge in [0, 0.05) is 13.6 Å². The van der Waals surface area contributed by atoms with E-state index in [4.69, 9.17) is 11.6 Å². The molecule has 1 aliphatic carbocycles. The standard InChI is InChI=1S/C8H13ClN2O2/c1-11(5-6-2-3-6)8(13)10-7(12)4-9/h6H,2-5H2,1H3,(H,10,12,13). The van der Waals surface area contributed by atoms with Crippen LogP contribution in [0.4, 0.5) is 4.79 Å². The molecule has 0 bridgehead atoms. The van der Waals surface area contributed by atoms with E-state index in [1.54, 1.807) is 7.05 Å². The van der Waals surface area contributed by atoms with Crippen molar-refractivity contribution in [2.45, 2.75) is 12.8 Å². The van der Waals surface area contributed by atoms with E-state index in [-0.39, 0.29) is 11.9 Å². The number of carbonyl (C=O) groups excluding carboxylic acids is 2. The first kappa shape index (κ1) is 10.3. The van der Waals surface area contributed by atoms with Crippen LogP contribution in [-0.2, 0) is 4.79 Å². The number of rotatable bonds is 3. The van der Waals surface area contributed by atoms with E-state index in [0.717, 1.165) is 6.54 Å². The van der Waals surface area contributed by atoms with Crippen LogP contribution >= 0.6 is 11.6 Å². The number of hydrogen-bond donors (Lipinski definition) is 1. The molecule has 0 heterocycles. The van der Waals surface area contributed by atoms with Gasteiger partial charge in [-0.05, 0) is 18.8 Å². The van der Waals surface area contributed by atoms with Gasteiger partial charge >= 0.3 is 6.03 Å². The lowest BCUT2D eigenvalue weighted by Crippen LogP contribution is -2.42. The molecule has 1 saturated carbocycles. The first-order chi connectivity index (χ1) is 6.13. The van der Waals surface area contributed by atoms with E-state index in [2.05, 4.69) is 5.32 Å². The monoisotopic (exact) mass is 204 g/mol. The van der Waals surface area contributed by atoms with E-state index >= 15 is 0 Å². The van der Waals surface area contributed by atoms with Gasteiger partial charge in [-0.2, -0.15) is 0 Å². The minimum absolute atomic E-state index is 0.178. The average molecular weight is 205 g/mol. The molecule has 1 rings (SSSR count). The number of alkyl halides is 1. The molecule has 4 nitrogen and oxygen atoms in total. The number of hydrogen-bond acceptors (Lipinski definition) is 2. The predicted octanol–water partition coefficient (Wildman–Crippen LogP) is 0.803. The molecule has 74 valence electrons. The number of amides is 3. The summed E-state index contributed by atoms with van der Waals surface area (Å²) in [5.74, 6) is -0.000564. The summed E-state index contributed by atoms with van der Waals surface area (Å²) in [6, 6.07) is -0.363. The second-order valence-electron chi connectivity index (χ2n) is 3.31. The predicted molar refractivity (Wildman–Crippen MR) is 49.6 cm³/mol. The largest absolute Gasteiger partial charge is 0.327 e. The maximum absolute atomic E-state index is 11.2. The summed E-state index contributed by atoms with van der Waals surface area (Å²) < 4.78 is 0. The van der Waals surface area contributed by atoms with Crippen LogP contribution in [0.1, 0.15) is 12.8 Å². The van der Waals surface area contributed by atoms with Crippen LogP contribution in [0.2, 0.25) is 0 Å². The van der Waals surface area contributed by atoms with Gasteiger partial charge in [0.1, 0.15) is 5.88 Å². The molecule has 0 aliphatic heterocycles. The topological polar surface area (TPSA) is 49.4 Å². The van der Waals surface area contributed by atoms with Crippen LogP contribution in [-0.4, -0.2) is 36.3 Å². The van der Waals surface area contributed by atoms with Gasteiger partial charge in [0.25, 0.3) is 0 Å². The number of imide groups is 1. The van der Waals surface area contributed by atoms with Crippen LogP contribution in [0.5, 0.6) is 0 Å². The summed E-state index contributed by atoms with van der Waals surface area (Å²) in [6.07, 6.45) is 2.36. The summed E-state index contributed by atoms with van der Waals surface area (Å²) in [4.78, 5) is 23.5. The van der Waals surface area contributed by atoms with Crippen molar-refractivity contribution < 1.29 is 9.59 Å². The highest BCUT2D eigenvalue weighted by atomic mass is 35.5. The van der Waals surface area contributed by atoms with Crippen LogP contribution in [0.25, 0.3) is 0 Å². The highest BCUT2D eigenvalue weighted by Crippen LogP contribution is 2.29. The van der Waals surface area contributed by atoms with E-state index in [1.165, 1.54) is 17.7 Å². The summed E-state index contributed by atoms with van der Waals surface area (Å²) >= 11 is 5.24. The van der Waals surface area contributed by atoms with Crippen LogP contribution in [0, 0.1) is 5.92 Å². The fraction of sp³-hybridized carbons (Fsp3) is 0.750. The molecule has 0 aromatic rings. The lowest BCUT2D eigenvalue weighted by molar-refractivity contribution is -0.117. The van der Waals surface area contributed by atoms with Crippen molar-refractivity contribution in [2.24, 2.45) is 5.92 Å². The van der Waals surface area contributed by atoms with Crippen LogP contribution in [0.15, 0.2) is 0 Å². The summed E-state index contributed by atoms with van der Waals surface area (Å²) in [5.41, 5.74) is 0. The Kier molecular flexibility index (Phi) is 3.54. The third-order valence-electron chi connectivity index (χ3n) is 1.94. The molecule has 1 aliphatic rings. The highest BCUT2D eigenvalue weighted by molar-refractivity contribution is 6.28. The number of nitrogens with one attached hydrogen (secondary N) is 1. The normalized spacial score (nSPS) is 15.2. The van der Waals surface area contributed by atoms with Crippen molar-refractivity contribution in [1.29, 1.82) is 0 Å². The minimum atomic E-state index is -0.450. The van der Waals surface area contributed by atoms with Crippen molar-refractivity contribution in [3.8, 4) is 0 Å². The molecular weight excluding hydrogens is 192 g/mol. The fourth-order valence-electron chi connectivity index (χ4n) is 1.02. The van der Waals surface area contributed by atoms with Gasteiger partial charge < -0.3 is 4.90 Å². The van der Waals surface area contributed by atoms with Gasteiger partial charge in [0.05, 0.1) is 0 Å². The highest BCUT2D eigenvalue weighted by Gasteiger charge is 2.25. The Morgan fingerprint density at radius 3 is 2.62 bits per heavy atom. The quantitative estimate of drug-likeness (QED) is 0.692. The second kappa shape index (κ2) is 4.46. The molecule has 0 aromatic heterocycles. The Labute approximate surface area is 82.2 Å². The summed E-state index contributed by atoms with van der Waals surface area (Å²) in [5, 5.41) is 2.18. The molecule has 1 fully saturated rings. The van der Waals surface area contributed by atoms with E-state index in [9.17, 15) is 9.59 Å². The van der Waals surface area contributed by atoms with Crippen molar-refractivity contribution in [2.75, 3.05) is 19.5 Å². The van der Waals surface area contributed by atoms with Gasteiger partial charge in [0.2, 0.25) is 5.91 Å². The molecular formula is C8H13ClN2O2. The number of urea groups is 1. The molecule has 0 spiro atoms. The molecule has 0 radical (unpaired) electrons. The van der Waals surface area contributed by atoms with Gasteiger partial charge in [-0.3, -0.25) is 10.1 Å².